The Morgan fingerprint density at radius 1 is 0.673 bits per heavy atom. The molecule has 1 saturated carbocycles. The molecule has 6 heterocycles. The zero-order valence-corrected chi connectivity index (χ0v) is 28.9. The Balaban J connectivity index is 0.000000154. The van der Waals surface area contributed by atoms with Gasteiger partial charge in [0.2, 0.25) is 5.91 Å². The first-order chi connectivity index (χ1) is 24.0. The van der Waals surface area contributed by atoms with E-state index in [1.165, 1.54) is 31.5 Å². The molecule has 2 amide bonds. The number of aliphatic hydroxyl groups is 1. The Labute approximate surface area is 292 Å². The molecule has 0 radical (unpaired) electrons. The second-order valence-corrected chi connectivity index (χ2v) is 15.2. The highest BCUT2D eigenvalue weighted by atomic mass is 16.3. The van der Waals surface area contributed by atoms with E-state index in [1.54, 1.807) is 0 Å². The van der Waals surface area contributed by atoms with E-state index in [0.717, 1.165) is 82.3 Å². The normalized spacial score (nSPS) is 29.2. The summed E-state index contributed by atoms with van der Waals surface area (Å²) < 4.78 is 0. The van der Waals surface area contributed by atoms with Gasteiger partial charge in [0.25, 0.3) is 5.91 Å². The van der Waals surface area contributed by atoms with Crippen LogP contribution in [-0.2, 0) is 21.6 Å². The standard InChI is InChI=1S/C22H26N2O.C20H28N2O2/c25-22(23-21-16-24-13-11-19(21)12-14-24)20(18-9-5-2-6-10-18)15-17-7-3-1-4-8-17;23-19(21-18-14-22-12-10-15(18)11-13-22)20(24,17-8-4-5-9-17)16-6-2-1-3-7-16/h1-10,19-21H,11-16H2,(H,23,25);1-3,6-7,15,17-18,24H,4-5,8-14H2,(H,21,23)/t20?,21-;18-,20?/m00/s1. The predicted octanol–water partition coefficient (Wildman–Crippen LogP) is 5.50. The van der Waals surface area contributed by atoms with Crippen LogP contribution >= 0.6 is 0 Å². The molecule has 6 saturated heterocycles. The van der Waals surface area contributed by atoms with Gasteiger partial charge in [0.05, 0.1) is 5.92 Å². The SMILES string of the molecule is O=C(N[C@H]1CN2CCC1CC2)C(Cc1ccccc1)c1ccccc1.O=C(N[C@H]1CN2CCC1CC2)C(O)(c1ccccc1)C1CCCC1. The lowest BCUT2D eigenvalue weighted by Crippen LogP contribution is -2.61. The van der Waals surface area contributed by atoms with Crippen LogP contribution in [-0.4, -0.2) is 78.1 Å². The summed E-state index contributed by atoms with van der Waals surface area (Å²) in [5.74, 6) is 1.12. The second-order valence-electron chi connectivity index (χ2n) is 15.2. The molecule has 3 N–H and O–H groups in total. The number of hydrogen-bond acceptors (Lipinski definition) is 5. The number of hydrogen-bond donors (Lipinski definition) is 3. The Hall–Kier alpha value is -3.52. The van der Waals surface area contributed by atoms with E-state index in [4.69, 9.17) is 0 Å². The number of piperidine rings is 6. The van der Waals surface area contributed by atoms with Gasteiger partial charge in [-0.25, -0.2) is 0 Å². The maximum atomic E-state index is 13.2. The van der Waals surface area contributed by atoms with Crippen LogP contribution in [0.4, 0.5) is 0 Å². The lowest BCUT2D eigenvalue weighted by atomic mass is 9.78. The first kappa shape index (κ1) is 34.0. The van der Waals surface area contributed by atoms with Crippen molar-refractivity contribution in [2.24, 2.45) is 17.8 Å². The van der Waals surface area contributed by atoms with Gasteiger partial charge in [0.1, 0.15) is 0 Å². The van der Waals surface area contributed by atoms with Crippen LogP contribution in [0.25, 0.3) is 0 Å². The summed E-state index contributed by atoms with van der Waals surface area (Å²) in [7, 11) is 0. The third kappa shape index (κ3) is 7.79. The first-order valence-electron chi connectivity index (χ1n) is 18.9. The van der Waals surface area contributed by atoms with Crippen molar-refractivity contribution in [2.75, 3.05) is 39.3 Å². The molecule has 3 aromatic rings. The smallest absolute Gasteiger partial charge is 0.257 e. The summed E-state index contributed by atoms with van der Waals surface area (Å²) in [6.45, 7) is 6.66. The Morgan fingerprint density at radius 2 is 1.16 bits per heavy atom. The third-order valence-corrected chi connectivity index (χ3v) is 12.3. The average molecular weight is 663 g/mol. The van der Waals surface area contributed by atoms with E-state index in [2.05, 4.69) is 44.7 Å². The van der Waals surface area contributed by atoms with Crippen molar-refractivity contribution in [1.82, 2.24) is 20.4 Å². The Bertz CT molecular complexity index is 1500. The monoisotopic (exact) mass is 662 g/mol. The molecule has 1 aliphatic carbocycles. The molecule has 10 rings (SSSR count). The van der Waals surface area contributed by atoms with Crippen molar-refractivity contribution in [3.05, 3.63) is 108 Å². The number of carbonyl (C=O) groups is 2. The third-order valence-electron chi connectivity index (χ3n) is 12.3. The minimum absolute atomic E-state index is 0.0287. The van der Waals surface area contributed by atoms with Crippen LogP contribution in [0, 0.1) is 17.8 Å². The van der Waals surface area contributed by atoms with Gasteiger partial charge >= 0.3 is 0 Å². The highest BCUT2D eigenvalue weighted by Crippen LogP contribution is 2.41. The fraction of sp³-hybridized carbons (Fsp3) is 0.524. The fourth-order valence-electron chi connectivity index (χ4n) is 9.30. The molecule has 7 fully saturated rings. The summed E-state index contributed by atoms with van der Waals surface area (Å²) >= 11 is 0. The molecule has 0 aromatic heterocycles. The van der Waals surface area contributed by atoms with Gasteiger partial charge in [-0.3, -0.25) is 9.59 Å². The van der Waals surface area contributed by atoms with Gasteiger partial charge in [-0.05, 0) is 99.7 Å². The van der Waals surface area contributed by atoms with Crippen molar-refractivity contribution in [1.29, 1.82) is 0 Å². The molecule has 7 aliphatic rings. The van der Waals surface area contributed by atoms with Crippen molar-refractivity contribution >= 4 is 11.8 Å². The largest absolute Gasteiger partial charge is 0.375 e. The molecule has 3 aromatic carbocycles. The summed E-state index contributed by atoms with van der Waals surface area (Å²) in [6, 6.07) is 30.6. The fourth-order valence-corrected chi connectivity index (χ4v) is 9.30. The van der Waals surface area contributed by atoms with Crippen LogP contribution in [0.1, 0.15) is 74.0 Å². The predicted molar refractivity (Wildman–Crippen MR) is 194 cm³/mol. The number of amides is 2. The van der Waals surface area contributed by atoms with Gasteiger partial charge < -0.3 is 25.5 Å². The first-order valence-corrected chi connectivity index (χ1v) is 18.9. The quantitative estimate of drug-likeness (QED) is 0.282. The van der Waals surface area contributed by atoms with Crippen LogP contribution < -0.4 is 10.6 Å². The molecule has 7 heteroatoms. The highest BCUT2D eigenvalue weighted by molar-refractivity contribution is 5.87. The molecule has 7 nitrogen and oxygen atoms in total. The molecule has 2 unspecified atom stereocenters. The zero-order valence-electron chi connectivity index (χ0n) is 28.9. The summed E-state index contributed by atoms with van der Waals surface area (Å²) in [5.41, 5.74) is 1.67. The van der Waals surface area contributed by atoms with Gasteiger partial charge in [-0.1, -0.05) is 104 Å². The van der Waals surface area contributed by atoms with E-state index >= 15 is 0 Å². The molecule has 6 aliphatic heterocycles. The summed E-state index contributed by atoms with van der Waals surface area (Å²) in [4.78, 5) is 31.3. The van der Waals surface area contributed by atoms with Crippen molar-refractivity contribution in [3.8, 4) is 0 Å². The summed E-state index contributed by atoms with van der Waals surface area (Å²) in [5, 5.41) is 18.2. The van der Waals surface area contributed by atoms with Gasteiger partial charge in [0, 0.05) is 31.1 Å². The minimum Gasteiger partial charge on any atom is -0.375 e. The van der Waals surface area contributed by atoms with E-state index in [1.807, 2.05) is 66.7 Å². The van der Waals surface area contributed by atoms with E-state index in [-0.39, 0.29) is 29.7 Å². The number of benzene rings is 3. The Morgan fingerprint density at radius 3 is 1.67 bits per heavy atom. The van der Waals surface area contributed by atoms with Crippen molar-refractivity contribution in [2.45, 2.75) is 81.4 Å². The number of carbonyl (C=O) groups excluding carboxylic acids is 2. The molecular formula is C42H54N4O3. The van der Waals surface area contributed by atoms with Gasteiger partial charge in [-0.2, -0.15) is 0 Å². The maximum absolute atomic E-state index is 13.2. The molecular weight excluding hydrogens is 608 g/mol. The van der Waals surface area contributed by atoms with Gasteiger partial charge in [-0.15, -0.1) is 0 Å². The maximum Gasteiger partial charge on any atom is 0.257 e. The average Bonchev–Trinajstić information content (AvgIpc) is 3.72. The number of rotatable bonds is 9. The Kier molecular flexibility index (Phi) is 10.8. The number of fused-ring (bicyclic) bond motifs is 6. The second kappa shape index (κ2) is 15.6. The van der Waals surface area contributed by atoms with E-state index in [0.29, 0.717) is 17.9 Å². The molecule has 49 heavy (non-hydrogen) atoms. The van der Waals surface area contributed by atoms with E-state index < -0.39 is 5.60 Å². The lowest BCUT2D eigenvalue weighted by Gasteiger charge is -2.46. The minimum atomic E-state index is -1.39. The molecule has 0 spiro atoms. The van der Waals surface area contributed by atoms with Crippen molar-refractivity contribution < 1.29 is 14.7 Å². The van der Waals surface area contributed by atoms with Crippen LogP contribution in [0.15, 0.2) is 91.0 Å². The number of nitrogens with one attached hydrogen (secondary N) is 2. The molecule has 260 valence electrons. The summed E-state index contributed by atoms with van der Waals surface area (Å²) in [6.07, 6.45) is 9.59. The zero-order chi connectivity index (χ0) is 33.6. The van der Waals surface area contributed by atoms with E-state index in [9.17, 15) is 14.7 Å². The van der Waals surface area contributed by atoms with Crippen LogP contribution in [0.3, 0.4) is 0 Å². The highest BCUT2D eigenvalue weighted by Gasteiger charge is 2.48. The number of nitrogens with zero attached hydrogens (tertiary/aromatic N) is 2. The van der Waals surface area contributed by atoms with Crippen LogP contribution in [0.2, 0.25) is 0 Å². The topological polar surface area (TPSA) is 84.9 Å². The van der Waals surface area contributed by atoms with Crippen LogP contribution in [0.5, 0.6) is 0 Å². The lowest BCUT2D eigenvalue weighted by molar-refractivity contribution is -0.149. The molecule has 4 bridgehead atoms. The van der Waals surface area contributed by atoms with Crippen molar-refractivity contribution in [3.63, 3.8) is 0 Å². The van der Waals surface area contributed by atoms with Gasteiger partial charge in [0.15, 0.2) is 5.60 Å². The molecule has 4 atom stereocenters.